The summed E-state index contributed by atoms with van der Waals surface area (Å²) >= 11 is 3.10. The molecule has 0 aliphatic carbocycles. The molecule has 2 N–H and O–H groups in total. The molecular formula is C15H13BrN2O3. The maximum Gasteiger partial charge on any atom is 0.326 e. The number of aliphatic carboxylic acids is 1. The molecule has 5 nitrogen and oxygen atoms in total. The number of nitrogens with one attached hydrogen (secondary N) is 1. The zero-order valence-electron chi connectivity index (χ0n) is 11.0. The number of halogens is 1. The first kappa shape index (κ1) is 15.2. The number of para-hydroxylation sites is 1. The number of carbonyl (C=O) groups excluding carboxylic acids is 1. The Morgan fingerprint density at radius 2 is 2.00 bits per heavy atom. The lowest BCUT2D eigenvalue weighted by Gasteiger charge is -2.13. The molecule has 1 atom stereocenters. The summed E-state index contributed by atoms with van der Waals surface area (Å²) in [7, 11) is 0. The Kier molecular flexibility index (Phi) is 4.70. The van der Waals surface area contributed by atoms with Gasteiger partial charge in [0.25, 0.3) is 5.91 Å². The molecule has 1 aromatic carbocycles. The summed E-state index contributed by atoms with van der Waals surface area (Å²) in [6, 6.07) is 9.69. The zero-order valence-corrected chi connectivity index (χ0v) is 12.6. The van der Waals surface area contributed by atoms with Crippen molar-refractivity contribution in [2.75, 3.05) is 0 Å². The van der Waals surface area contributed by atoms with Gasteiger partial charge in [-0.1, -0.05) is 46.8 Å². The highest BCUT2D eigenvalue weighted by Gasteiger charge is 2.21. The number of carboxylic acid groups (broad SMARTS) is 1. The van der Waals surface area contributed by atoms with Gasteiger partial charge in [-0.3, -0.25) is 4.79 Å². The Morgan fingerprint density at radius 1 is 1.29 bits per heavy atom. The van der Waals surface area contributed by atoms with E-state index in [2.05, 4.69) is 32.8 Å². The van der Waals surface area contributed by atoms with Crippen LogP contribution in [0.15, 0.2) is 47.5 Å². The number of nitrogens with zero attached hydrogens (tertiary/aromatic N) is 1. The summed E-state index contributed by atoms with van der Waals surface area (Å²) in [6.07, 6.45) is 0.106. The van der Waals surface area contributed by atoms with Gasteiger partial charge in [0.1, 0.15) is 11.7 Å². The van der Waals surface area contributed by atoms with Crippen molar-refractivity contribution in [1.29, 1.82) is 0 Å². The van der Waals surface area contributed by atoms with E-state index in [0.717, 1.165) is 5.39 Å². The molecule has 0 bridgehead atoms. The number of pyridine rings is 1. The minimum absolute atomic E-state index is 0.106. The molecule has 1 amide bonds. The first-order valence-electron chi connectivity index (χ1n) is 6.20. The summed E-state index contributed by atoms with van der Waals surface area (Å²) in [4.78, 5) is 27.4. The third kappa shape index (κ3) is 3.88. The molecule has 0 aliphatic heterocycles. The van der Waals surface area contributed by atoms with Crippen molar-refractivity contribution in [3.05, 3.63) is 53.2 Å². The summed E-state index contributed by atoms with van der Waals surface area (Å²) < 4.78 is 0.502. The quantitative estimate of drug-likeness (QED) is 0.870. The fraction of sp³-hybridized carbons (Fsp3) is 0.133. The highest BCUT2D eigenvalue weighted by Crippen LogP contribution is 2.13. The number of carboxylic acids is 1. The number of aromatic nitrogens is 1. The number of amides is 1. The first-order valence-corrected chi connectivity index (χ1v) is 6.99. The highest BCUT2D eigenvalue weighted by molar-refractivity contribution is 9.11. The zero-order chi connectivity index (χ0) is 15.4. The summed E-state index contributed by atoms with van der Waals surface area (Å²) in [5.41, 5.74) is 0.863. The van der Waals surface area contributed by atoms with Gasteiger partial charge >= 0.3 is 5.97 Å². The first-order chi connectivity index (χ1) is 9.97. The van der Waals surface area contributed by atoms with Crippen molar-refractivity contribution in [3.63, 3.8) is 0 Å². The van der Waals surface area contributed by atoms with Gasteiger partial charge in [-0.2, -0.15) is 0 Å². The van der Waals surface area contributed by atoms with Crippen molar-refractivity contribution < 1.29 is 14.7 Å². The Labute approximate surface area is 129 Å². The van der Waals surface area contributed by atoms with Gasteiger partial charge in [-0.25, -0.2) is 9.78 Å². The predicted octanol–water partition coefficient (Wildman–Crippen LogP) is 2.72. The molecular weight excluding hydrogens is 336 g/mol. The van der Waals surface area contributed by atoms with E-state index in [4.69, 9.17) is 5.11 Å². The van der Waals surface area contributed by atoms with Crippen LogP contribution in [-0.2, 0) is 4.79 Å². The van der Waals surface area contributed by atoms with Crippen molar-refractivity contribution in [2.45, 2.75) is 12.5 Å². The third-order valence-corrected chi connectivity index (χ3v) is 3.18. The largest absolute Gasteiger partial charge is 0.480 e. The van der Waals surface area contributed by atoms with Gasteiger partial charge in [-0.05, 0) is 16.6 Å². The van der Waals surface area contributed by atoms with Crippen LogP contribution in [-0.4, -0.2) is 28.0 Å². The molecule has 0 spiro atoms. The smallest absolute Gasteiger partial charge is 0.326 e. The fourth-order valence-electron chi connectivity index (χ4n) is 1.85. The van der Waals surface area contributed by atoms with E-state index < -0.39 is 17.9 Å². The van der Waals surface area contributed by atoms with Gasteiger partial charge in [0, 0.05) is 11.8 Å². The number of benzene rings is 1. The number of hydrogen-bond acceptors (Lipinski definition) is 3. The Morgan fingerprint density at radius 3 is 2.67 bits per heavy atom. The van der Waals surface area contributed by atoms with Crippen molar-refractivity contribution in [2.24, 2.45) is 0 Å². The molecule has 0 unspecified atom stereocenters. The molecule has 0 radical (unpaired) electrons. The summed E-state index contributed by atoms with van der Waals surface area (Å²) in [5, 5.41) is 12.4. The van der Waals surface area contributed by atoms with Crippen LogP contribution in [0.4, 0.5) is 0 Å². The molecule has 0 saturated carbocycles. The number of carbonyl (C=O) groups is 2. The Balaban J connectivity index is 2.20. The lowest BCUT2D eigenvalue weighted by Crippen LogP contribution is -2.41. The van der Waals surface area contributed by atoms with Crippen LogP contribution in [0.3, 0.4) is 0 Å². The summed E-state index contributed by atoms with van der Waals surface area (Å²) in [5.74, 6) is -1.65. The molecule has 2 aromatic rings. The average Bonchev–Trinajstić information content (AvgIpc) is 2.45. The minimum atomic E-state index is -1.12. The number of hydrogen-bond donors (Lipinski definition) is 2. The molecule has 1 heterocycles. The van der Waals surface area contributed by atoms with E-state index in [1.54, 1.807) is 18.2 Å². The predicted molar refractivity (Wildman–Crippen MR) is 83.3 cm³/mol. The molecule has 2 rings (SSSR count). The fourth-order valence-corrected chi connectivity index (χ4v) is 2.17. The summed E-state index contributed by atoms with van der Waals surface area (Å²) in [6.45, 7) is 3.58. The van der Waals surface area contributed by atoms with Crippen molar-refractivity contribution in [1.82, 2.24) is 10.3 Å². The van der Waals surface area contributed by atoms with Gasteiger partial charge in [0.05, 0.1) is 5.52 Å². The second-order valence-electron chi connectivity index (χ2n) is 4.47. The molecule has 0 saturated heterocycles. The van der Waals surface area contributed by atoms with E-state index in [0.29, 0.717) is 10.00 Å². The topological polar surface area (TPSA) is 79.3 Å². The molecule has 108 valence electrons. The Bertz CT molecular complexity index is 715. The van der Waals surface area contributed by atoms with E-state index in [1.807, 2.05) is 18.2 Å². The van der Waals surface area contributed by atoms with E-state index in [1.165, 1.54) is 0 Å². The lowest BCUT2D eigenvalue weighted by molar-refractivity contribution is -0.139. The average molecular weight is 349 g/mol. The lowest BCUT2D eigenvalue weighted by atomic mass is 10.1. The number of fused-ring (bicyclic) bond motifs is 1. The standard InChI is InChI=1S/C15H13BrN2O3/c1-9(16)8-13(15(20)21)18-14(19)12-7-6-10-4-2-3-5-11(10)17-12/h2-7,13H,1,8H2,(H,18,19)(H,20,21)/t13-/m0/s1. The Hall–Kier alpha value is -2.21. The van der Waals surface area contributed by atoms with Gasteiger partial charge in [0.2, 0.25) is 0 Å². The van der Waals surface area contributed by atoms with E-state index >= 15 is 0 Å². The molecule has 0 aliphatic rings. The van der Waals surface area contributed by atoms with Crippen LogP contribution >= 0.6 is 15.9 Å². The maximum atomic E-state index is 12.1. The number of rotatable bonds is 5. The monoisotopic (exact) mass is 348 g/mol. The molecule has 1 aromatic heterocycles. The van der Waals surface area contributed by atoms with Crippen LogP contribution in [0.1, 0.15) is 16.9 Å². The third-order valence-electron chi connectivity index (χ3n) is 2.86. The molecule has 0 fully saturated rings. The van der Waals surface area contributed by atoms with Crippen LogP contribution < -0.4 is 5.32 Å². The van der Waals surface area contributed by atoms with Gasteiger partial charge in [-0.15, -0.1) is 0 Å². The van der Waals surface area contributed by atoms with E-state index in [9.17, 15) is 9.59 Å². The second kappa shape index (κ2) is 6.49. The normalized spacial score (nSPS) is 11.9. The van der Waals surface area contributed by atoms with Crippen molar-refractivity contribution >= 4 is 38.7 Å². The van der Waals surface area contributed by atoms with Crippen LogP contribution in [0.5, 0.6) is 0 Å². The van der Waals surface area contributed by atoms with E-state index in [-0.39, 0.29) is 12.1 Å². The minimum Gasteiger partial charge on any atom is -0.480 e. The maximum absolute atomic E-state index is 12.1. The van der Waals surface area contributed by atoms with Gasteiger partial charge < -0.3 is 10.4 Å². The highest BCUT2D eigenvalue weighted by atomic mass is 79.9. The van der Waals surface area contributed by atoms with Crippen molar-refractivity contribution in [3.8, 4) is 0 Å². The van der Waals surface area contributed by atoms with Gasteiger partial charge in [0.15, 0.2) is 0 Å². The molecule has 21 heavy (non-hydrogen) atoms. The van der Waals surface area contributed by atoms with Crippen LogP contribution in [0.2, 0.25) is 0 Å². The molecule has 6 heteroatoms. The van der Waals surface area contributed by atoms with Crippen LogP contribution in [0, 0.1) is 0 Å². The van der Waals surface area contributed by atoms with Crippen LogP contribution in [0.25, 0.3) is 10.9 Å². The second-order valence-corrected chi connectivity index (χ2v) is 5.60. The SMILES string of the molecule is C=C(Br)C[C@H](NC(=O)c1ccc2ccccc2n1)C(=O)O.